The predicted molar refractivity (Wildman–Crippen MR) is 66.9 cm³/mol. The molecule has 0 spiro atoms. The number of hydrogen-bond donors (Lipinski definition) is 0. The maximum Gasteiger partial charge on any atom is 0.136 e. The third-order valence-electron chi connectivity index (χ3n) is 2.39. The molecule has 0 radical (unpaired) electrons. The fourth-order valence-corrected chi connectivity index (χ4v) is 1.81. The molecule has 0 aromatic rings. The summed E-state index contributed by atoms with van der Waals surface area (Å²) >= 11 is 0. The lowest BCUT2D eigenvalue weighted by Crippen LogP contribution is -2.21. The molecule has 0 fully saturated rings. The molecule has 0 aliphatic rings. The van der Waals surface area contributed by atoms with Gasteiger partial charge in [-0.05, 0) is 25.2 Å². The first-order valence-corrected chi connectivity index (χ1v) is 5.93. The van der Waals surface area contributed by atoms with E-state index in [1.807, 2.05) is 6.92 Å². The van der Waals surface area contributed by atoms with E-state index in [0.717, 1.165) is 24.8 Å². The fourth-order valence-electron chi connectivity index (χ4n) is 1.81. The highest BCUT2D eigenvalue weighted by Crippen LogP contribution is 2.25. The lowest BCUT2D eigenvalue weighted by Gasteiger charge is -2.22. The lowest BCUT2D eigenvalue weighted by atomic mass is 9.82. The molecule has 0 N–H and O–H groups in total. The van der Waals surface area contributed by atoms with E-state index in [-0.39, 0.29) is 11.3 Å². The number of ketones is 1. The van der Waals surface area contributed by atoms with Gasteiger partial charge in [0.2, 0.25) is 0 Å². The summed E-state index contributed by atoms with van der Waals surface area (Å²) in [5.41, 5.74) is 1.23. The largest absolute Gasteiger partial charge is 0.299 e. The Morgan fingerprint density at radius 1 is 1.33 bits per heavy atom. The molecule has 0 saturated carbocycles. The van der Waals surface area contributed by atoms with Gasteiger partial charge in [0.25, 0.3) is 0 Å². The zero-order chi connectivity index (χ0) is 12.1. The van der Waals surface area contributed by atoms with Crippen molar-refractivity contribution in [3.63, 3.8) is 0 Å². The van der Waals surface area contributed by atoms with Gasteiger partial charge in [-0.2, -0.15) is 0 Å². The van der Waals surface area contributed by atoms with Crippen molar-refractivity contribution in [1.82, 2.24) is 0 Å². The van der Waals surface area contributed by atoms with E-state index < -0.39 is 0 Å². The summed E-state index contributed by atoms with van der Waals surface area (Å²) < 4.78 is 0. The first-order chi connectivity index (χ1) is 6.76. The molecule has 0 bridgehead atoms. The van der Waals surface area contributed by atoms with Crippen LogP contribution in [0.1, 0.15) is 60.3 Å². The minimum absolute atomic E-state index is 0.109. The van der Waals surface area contributed by atoms with Crippen molar-refractivity contribution >= 4 is 5.78 Å². The van der Waals surface area contributed by atoms with Crippen molar-refractivity contribution in [2.75, 3.05) is 0 Å². The number of allylic oxidation sites excluding steroid dienone is 1. The Morgan fingerprint density at radius 2 is 1.87 bits per heavy atom. The van der Waals surface area contributed by atoms with Crippen molar-refractivity contribution in [3.8, 4) is 0 Å². The molecule has 0 aromatic carbocycles. The molecular weight excluding hydrogens is 184 g/mol. The van der Waals surface area contributed by atoms with Gasteiger partial charge in [0.05, 0.1) is 0 Å². The van der Waals surface area contributed by atoms with Crippen LogP contribution in [0.15, 0.2) is 12.2 Å². The number of Topliss-reactive ketones (excluding diaryl/α,β-unsaturated/α-hetero) is 1. The van der Waals surface area contributed by atoms with Gasteiger partial charge in [-0.25, -0.2) is 0 Å². The van der Waals surface area contributed by atoms with E-state index in [2.05, 4.69) is 34.3 Å². The van der Waals surface area contributed by atoms with E-state index >= 15 is 0 Å². The Kier molecular flexibility index (Phi) is 5.85. The van der Waals surface area contributed by atoms with E-state index in [0.29, 0.717) is 12.2 Å². The Bertz CT molecular complexity index is 220. The van der Waals surface area contributed by atoms with Crippen LogP contribution in [0.25, 0.3) is 0 Å². The highest BCUT2D eigenvalue weighted by atomic mass is 16.1. The van der Waals surface area contributed by atoms with Crippen LogP contribution >= 0.6 is 0 Å². The smallest absolute Gasteiger partial charge is 0.136 e. The number of hydrogen-bond acceptors (Lipinski definition) is 1. The van der Waals surface area contributed by atoms with Gasteiger partial charge in [-0.15, -0.1) is 6.58 Å². The fraction of sp³-hybridized carbons (Fsp3) is 0.786. The second-order valence-electron chi connectivity index (χ2n) is 5.85. The summed E-state index contributed by atoms with van der Waals surface area (Å²) in [7, 11) is 0. The van der Waals surface area contributed by atoms with Crippen LogP contribution in [0.2, 0.25) is 0 Å². The average Bonchev–Trinajstić information content (AvgIpc) is 1.99. The number of carbonyl (C=O) groups is 1. The minimum Gasteiger partial charge on any atom is -0.299 e. The molecule has 0 aliphatic carbocycles. The number of rotatable bonds is 6. The summed E-state index contributed by atoms with van der Waals surface area (Å²) in [6.45, 7) is 14.4. The molecule has 0 rings (SSSR count). The Balaban J connectivity index is 4.35. The molecule has 1 atom stereocenters. The summed E-state index contributed by atoms with van der Waals surface area (Å²) in [5.74, 6) is 0.610. The van der Waals surface area contributed by atoms with Crippen LogP contribution in [-0.4, -0.2) is 5.78 Å². The van der Waals surface area contributed by atoms with Crippen molar-refractivity contribution in [2.45, 2.75) is 60.3 Å². The third kappa shape index (κ3) is 7.35. The zero-order valence-electron chi connectivity index (χ0n) is 11.0. The molecule has 88 valence electrons. The van der Waals surface area contributed by atoms with Crippen molar-refractivity contribution in [3.05, 3.63) is 12.2 Å². The van der Waals surface area contributed by atoms with Crippen molar-refractivity contribution in [1.29, 1.82) is 0 Å². The normalized spacial score (nSPS) is 13.7. The molecular formula is C14H26O. The van der Waals surface area contributed by atoms with Crippen molar-refractivity contribution in [2.24, 2.45) is 11.3 Å². The second kappa shape index (κ2) is 6.09. The van der Waals surface area contributed by atoms with Crippen LogP contribution in [0.3, 0.4) is 0 Å². The monoisotopic (exact) mass is 210 g/mol. The van der Waals surface area contributed by atoms with Gasteiger partial charge >= 0.3 is 0 Å². The minimum atomic E-state index is 0.109. The van der Waals surface area contributed by atoms with Crippen LogP contribution in [0.4, 0.5) is 0 Å². The first-order valence-electron chi connectivity index (χ1n) is 5.93. The molecule has 15 heavy (non-hydrogen) atoms. The van der Waals surface area contributed by atoms with Gasteiger partial charge in [-0.1, -0.05) is 39.7 Å². The van der Waals surface area contributed by atoms with Gasteiger partial charge in [0, 0.05) is 12.3 Å². The third-order valence-corrected chi connectivity index (χ3v) is 2.39. The molecule has 0 aromatic heterocycles. The summed E-state index contributed by atoms with van der Waals surface area (Å²) in [6, 6.07) is 0. The van der Waals surface area contributed by atoms with Crippen LogP contribution < -0.4 is 0 Å². The van der Waals surface area contributed by atoms with E-state index in [4.69, 9.17) is 0 Å². The second-order valence-corrected chi connectivity index (χ2v) is 5.85. The topological polar surface area (TPSA) is 17.1 Å². The van der Waals surface area contributed by atoms with Crippen LogP contribution in [0.5, 0.6) is 0 Å². The van der Waals surface area contributed by atoms with Crippen molar-refractivity contribution < 1.29 is 4.79 Å². The van der Waals surface area contributed by atoms with Crippen LogP contribution in [-0.2, 0) is 4.79 Å². The molecule has 0 aliphatic heterocycles. The maximum atomic E-state index is 12.0. The van der Waals surface area contributed by atoms with Gasteiger partial charge in [-0.3, -0.25) is 4.79 Å². The quantitative estimate of drug-likeness (QED) is 0.595. The summed E-state index contributed by atoms with van der Waals surface area (Å²) in [4.78, 5) is 12.0. The van der Waals surface area contributed by atoms with Gasteiger partial charge in [0.1, 0.15) is 5.78 Å². The van der Waals surface area contributed by atoms with Gasteiger partial charge in [0.15, 0.2) is 0 Å². The van der Waals surface area contributed by atoms with Gasteiger partial charge < -0.3 is 0 Å². The molecule has 0 amide bonds. The number of carbonyl (C=O) groups excluding carboxylic acids is 1. The molecule has 1 unspecified atom stereocenters. The molecule has 0 heterocycles. The maximum absolute atomic E-state index is 12.0. The summed E-state index contributed by atoms with van der Waals surface area (Å²) in [5, 5.41) is 0. The Labute approximate surface area is 95.0 Å². The lowest BCUT2D eigenvalue weighted by molar-refractivity contribution is -0.124. The predicted octanol–water partition coefficient (Wildman–Crippen LogP) is 4.37. The Morgan fingerprint density at radius 3 is 2.20 bits per heavy atom. The van der Waals surface area contributed by atoms with E-state index in [1.54, 1.807) is 0 Å². The SMILES string of the molecule is C=C(C)CC(CCC)C(=O)CC(C)(C)C. The molecule has 1 heteroatoms. The van der Waals surface area contributed by atoms with E-state index in [9.17, 15) is 4.79 Å². The molecule has 1 nitrogen and oxygen atoms in total. The van der Waals surface area contributed by atoms with E-state index in [1.165, 1.54) is 0 Å². The van der Waals surface area contributed by atoms with Crippen LogP contribution in [0, 0.1) is 11.3 Å². The average molecular weight is 210 g/mol. The molecule has 0 saturated heterocycles. The highest BCUT2D eigenvalue weighted by molar-refractivity contribution is 5.81. The zero-order valence-corrected chi connectivity index (χ0v) is 11.0. The Hall–Kier alpha value is -0.590. The standard InChI is InChI=1S/C14H26O/c1-7-8-12(9-11(2)3)13(15)10-14(4,5)6/h12H,2,7-10H2,1,3-6H3. The summed E-state index contributed by atoms with van der Waals surface area (Å²) in [6.07, 6.45) is 3.63. The highest BCUT2D eigenvalue weighted by Gasteiger charge is 2.23. The first kappa shape index (κ1) is 14.4.